The first-order valence-electron chi connectivity index (χ1n) is 5.53. The number of aliphatic hydroxyl groups is 1. The van der Waals surface area contributed by atoms with Crippen LogP contribution < -0.4 is 0 Å². The van der Waals surface area contributed by atoms with E-state index in [1.54, 1.807) is 0 Å². The van der Waals surface area contributed by atoms with E-state index in [-0.39, 0.29) is 5.41 Å². The molecular weight excluding hydrogens is 220 g/mol. The minimum Gasteiger partial charge on any atom is -0.387 e. The first-order chi connectivity index (χ1) is 7.36. The molecule has 0 spiro atoms. The maximum atomic E-state index is 10.1. The van der Waals surface area contributed by atoms with Crippen LogP contribution in [0.3, 0.4) is 0 Å². The fourth-order valence-electron chi connectivity index (χ4n) is 1.45. The lowest BCUT2D eigenvalue weighted by Crippen LogP contribution is -2.15. The molecule has 1 aromatic heterocycles. The molecule has 1 rings (SSSR count). The molecular formula is C12H20N2OS. The molecule has 0 fully saturated rings. The van der Waals surface area contributed by atoms with E-state index in [0.717, 1.165) is 22.6 Å². The highest BCUT2D eigenvalue weighted by Gasteiger charge is 2.26. The first kappa shape index (κ1) is 13.3. The Bertz CT molecular complexity index is 365. The van der Waals surface area contributed by atoms with Crippen molar-refractivity contribution in [1.29, 1.82) is 0 Å². The SMILES string of the molecule is C=C(CC)CC(O)c1snnc1C(C)(C)C. The molecule has 90 valence electrons. The summed E-state index contributed by atoms with van der Waals surface area (Å²) in [4.78, 5) is 0.877. The van der Waals surface area contributed by atoms with Crippen LogP contribution in [-0.2, 0) is 5.41 Å². The van der Waals surface area contributed by atoms with Crippen molar-refractivity contribution < 1.29 is 5.11 Å². The maximum absolute atomic E-state index is 10.1. The number of nitrogens with zero attached hydrogens (tertiary/aromatic N) is 2. The number of hydrogen-bond acceptors (Lipinski definition) is 4. The monoisotopic (exact) mass is 240 g/mol. The lowest BCUT2D eigenvalue weighted by atomic mass is 9.89. The van der Waals surface area contributed by atoms with Gasteiger partial charge in [-0.2, -0.15) is 0 Å². The molecule has 16 heavy (non-hydrogen) atoms. The quantitative estimate of drug-likeness (QED) is 0.822. The Kier molecular flexibility index (Phi) is 4.21. The highest BCUT2D eigenvalue weighted by atomic mass is 32.1. The van der Waals surface area contributed by atoms with Crippen molar-refractivity contribution in [3.8, 4) is 0 Å². The molecule has 0 aliphatic rings. The summed E-state index contributed by atoms with van der Waals surface area (Å²) in [6, 6.07) is 0. The molecule has 1 N–H and O–H groups in total. The predicted octanol–water partition coefficient (Wildman–Crippen LogP) is 3.23. The fraction of sp³-hybridized carbons (Fsp3) is 0.667. The van der Waals surface area contributed by atoms with E-state index in [1.165, 1.54) is 11.5 Å². The predicted molar refractivity (Wildman–Crippen MR) is 67.6 cm³/mol. The van der Waals surface area contributed by atoms with Gasteiger partial charge in [-0.3, -0.25) is 0 Å². The minimum absolute atomic E-state index is 0.0726. The van der Waals surface area contributed by atoms with Crippen molar-refractivity contribution in [2.75, 3.05) is 0 Å². The molecule has 0 aromatic carbocycles. The summed E-state index contributed by atoms with van der Waals surface area (Å²) in [6.45, 7) is 12.2. The molecule has 0 saturated heterocycles. The topological polar surface area (TPSA) is 46.0 Å². The van der Waals surface area contributed by atoms with Gasteiger partial charge in [0.25, 0.3) is 0 Å². The van der Waals surface area contributed by atoms with Crippen molar-refractivity contribution in [3.05, 3.63) is 22.7 Å². The summed E-state index contributed by atoms with van der Waals surface area (Å²) in [7, 11) is 0. The van der Waals surface area contributed by atoms with Crippen molar-refractivity contribution in [2.24, 2.45) is 0 Å². The van der Waals surface area contributed by atoms with Gasteiger partial charge in [-0.15, -0.1) is 5.10 Å². The van der Waals surface area contributed by atoms with Gasteiger partial charge in [0.2, 0.25) is 0 Å². The van der Waals surface area contributed by atoms with E-state index >= 15 is 0 Å². The van der Waals surface area contributed by atoms with E-state index in [1.807, 2.05) is 6.92 Å². The van der Waals surface area contributed by atoms with Crippen LogP contribution in [0.5, 0.6) is 0 Å². The second-order valence-electron chi connectivity index (χ2n) is 5.06. The molecule has 0 radical (unpaired) electrons. The number of aliphatic hydroxyl groups excluding tert-OH is 1. The van der Waals surface area contributed by atoms with Gasteiger partial charge in [0, 0.05) is 5.41 Å². The number of rotatable bonds is 4. The van der Waals surface area contributed by atoms with Crippen LogP contribution in [0.15, 0.2) is 12.2 Å². The van der Waals surface area contributed by atoms with Crippen molar-refractivity contribution >= 4 is 11.5 Å². The highest BCUT2D eigenvalue weighted by Crippen LogP contribution is 2.33. The fourth-order valence-corrected chi connectivity index (χ4v) is 2.30. The van der Waals surface area contributed by atoms with Crippen LogP contribution in [0.4, 0.5) is 0 Å². The molecule has 1 atom stereocenters. The Morgan fingerprint density at radius 3 is 2.62 bits per heavy atom. The van der Waals surface area contributed by atoms with Crippen molar-refractivity contribution in [2.45, 2.75) is 52.1 Å². The summed E-state index contributed by atoms with van der Waals surface area (Å²) >= 11 is 1.28. The van der Waals surface area contributed by atoms with Gasteiger partial charge in [-0.05, 0) is 24.4 Å². The molecule has 1 unspecified atom stereocenters. The van der Waals surface area contributed by atoms with Crippen LogP contribution in [0, 0.1) is 0 Å². The lowest BCUT2D eigenvalue weighted by Gasteiger charge is -2.19. The van der Waals surface area contributed by atoms with Gasteiger partial charge in [-0.1, -0.05) is 44.3 Å². The summed E-state index contributed by atoms with van der Waals surface area (Å²) < 4.78 is 3.94. The van der Waals surface area contributed by atoms with E-state index in [9.17, 15) is 5.11 Å². The Morgan fingerprint density at radius 1 is 1.50 bits per heavy atom. The van der Waals surface area contributed by atoms with Crippen LogP contribution >= 0.6 is 11.5 Å². The first-order valence-corrected chi connectivity index (χ1v) is 6.31. The van der Waals surface area contributed by atoms with E-state index in [4.69, 9.17) is 0 Å². The molecule has 1 aromatic rings. The third kappa shape index (κ3) is 3.12. The summed E-state index contributed by atoms with van der Waals surface area (Å²) in [5, 5.41) is 14.2. The van der Waals surface area contributed by atoms with Crippen LogP contribution in [0.25, 0.3) is 0 Å². The zero-order chi connectivity index (χ0) is 12.3. The third-order valence-corrected chi connectivity index (χ3v) is 3.33. The zero-order valence-corrected chi connectivity index (χ0v) is 11.3. The average molecular weight is 240 g/mol. The maximum Gasteiger partial charge on any atom is 0.0954 e. The molecule has 0 bridgehead atoms. The standard InChI is InChI=1S/C12H20N2OS/c1-6-8(2)7-9(15)10-11(12(3,4)5)13-14-16-10/h9,15H,2,6-7H2,1,3-5H3. The Balaban J connectivity index is 2.88. The third-order valence-electron chi connectivity index (χ3n) is 2.51. The van der Waals surface area contributed by atoms with Crippen molar-refractivity contribution in [1.82, 2.24) is 9.59 Å². The van der Waals surface area contributed by atoms with E-state index in [2.05, 4.69) is 36.9 Å². The van der Waals surface area contributed by atoms with Crippen LogP contribution in [0.1, 0.15) is 57.2 Å². The lowest BCUT2D eigenvalue weighted by molar-refractivity contribution is 0.178. The Morgan fingerprint density at radius 2 is 2.12 bits per heavy atom. The van der Waals surface area contributed by atoms with Gasteiger partial charge in [0.15, 0.2) is 0 Å². The second-order valence-corrected chi connectivity index (χ2v) is 5.84. The number of aromatic nitrogens is 2. The zero-order valence-electron chi connectivity index (χ0n) is 10.4. The van der Waals surface area contributed by atoms with Crippen LogP contribution in [-0.4, -0.2) is 14.7 Å². The molecule has 1 heterocycles. The summed E-state index contributed by atoms with van der Waals surface area (Å²) in [6.07, 6.45) is 0.985. The van der Waals surface area contributed by atoms with Gasteiger partial charge < -0.3 is 5.11 Å². The molecule has 0 amide bonds. The second kappa shape index (κ2) is 5.06. The smallest absolute Gasteiger partial charge is 0.0954 e. The molecule has 3 nitrogen and oxygen atoms in total. The molecule has 0 saturated carbocycles. The van der Waals surface area contributed by atoms with Gasteiger partial charge in [-0.25, -0.2) is 0 Å². The largest absolute Gasteiger partial charge is 0.387 e. The Labute approximate surface area is 101 Å². The highest BCUT2D eigenvalue weighted by molar-refractivity contribution is 7.05. The Hall–Kier alpha value is -0.740. The van der Waals surface area contributed by atoms with Crippen molar-refractivity contribution in [3.63, 3.8) is 0 Å². The van der Waals surface area contributed by atoms with Gasteiger partial charge in [0.05, 0.1) is 16.7 Å². The summed E-state index contributed by atoms with van der Waals surface area (Å²) in [5.41, 5.74) is 1.88. The number of hydrogen-bond donors (Lipinski definition) is 1. The average Bonchev–Trinajstić information content (AvgIpc) is 2.65. The molecule has 0 aliphatic heterocycles. The molecule has 0 aliphatic carbocycles. The van der Waals surface area contributed by atoms with Gasteiger partial charge in [0.1, 0.15) is 0 Å². The normalized spacial score (nSPS) is 13.8. The van der Waals surface area contributed by atoms with E-state index in [0.29, 0.717) is 6.42 Å². The van der Waals surface area contributed by atoms with E-state index < -0.39 is 6.10 Å². The van der Waals surface area contributed by atoms with Crippen LogP contribution in [0.2, 0.25) is 0 Å². The molecule has 4 heteroatoms. The van der Waals surface area contributed by atoms with Gasteiger partial charge >= 0.3 is 0 Å². The summed E-state index contributed by atoms with van der Waals surface area (Å²) in [5.74, 6) is 0. The minimum atomic E-state index is -0.512.